The van der Waals surface area contributed by atoms with E-state index in [0.29, 0.717) is 12.2 Å². The Hall–Kier alpha value is -2.29. The van der Waals surface area contributed by atoms with Crippen molar-refractivity contribution in [2.75, 3.05) is 13.2 Å². The van der Waals surface area contributed by atoms with Crippen molar-refractivity contribution in [3.05, 3.63) is 56.3 Å². The van der Waals surface area contributed by atoms with Crippen LogP contribution in [0.5, 0.6) is 0 Å². The smallest absolute Gasteiger partial charge is 0.321 e. The fourth-order valence-corrected chi connectivity index (χ4v) is 1.77. The molecule has 2 aliphatic heterocycles. The van der Waals surface area contributed by atoms with Crippen LogP contribution in [-0.2, 0) is 19.7 Å². The first-order valence-electron chi connectivity index (χ1n) is 5.76. The van der Waals surface area contributed by atoms with E-state index in [1.165, 1.54) is 11.1 Å². The summed E-state index contributed by atoms with van der Waals surface area (Å²) in [6.07, 6.45) is 0.729. The van der Waals surface area contributed by atoms with Crippen LogP contribution in [0.2, 0.25) is 0 Å². The highest BCUT2D eigenvalue weighted by atomic mass is 32.2. The fourth-order valence-electron chi connectivity index (χ4n) is 1.55. The number of ether oxygens (including phenoxy) is 2. The molecule has 10 nitrogen and oxygen atoms in total. The molecular weight excluding hydrogens is 300 g/mol. The molecule has 0 aromatic heterocycles. The van der Waals surface area contributed by atoms with Gasteiger partial charge in [0.05, 0.1) is 13.2 Å². The van der Waals surface area contributed by atoms with Crippen molar-refractivity contribution in [2.24, 2.45) is 9.04 Å². The molecule has 110 valence electrons. The van der Waals surface area contributed by atoms with Gasteiger partial charge >= 0.3 is 10.2 Å². The molecule has 0 spiro atoms. The molecule has 0 aliphatic carbocycles. The second-order valence-corrected chi connectivity index (χ2v) is 5.33. The van der Waals surface area contributed by atoms with Crippen LogP contribution >= 0.6 is 0 Å². The number of hydrogen-bond acceptors (Lipinski definition) is 4. The molecule has 0 N–H and O–H groups in total. The van der Waals surface area contributed by atoms with Gasteiger partial charge in [0.15, 0.2) is 0 Å². The minimum absolute atomic E-state index is 0.365. The molecule has 2 saturated heterocycles. The van der Waals surface area contributed by atoms with Crippen LogP contribution in [-0.4, -0.2) is 21.6 Å². The van der Waals surface area contributed by atoms with Crippen molar-refractivity contribution in [3.63, 3.8) is 0 Å². The van der Waals surface area contributed by atoms with Gasteiger partial charge in [0, 0.05) is 18.9 Å². The van der Waals surface area contributed by atoms with Crippen LogP contribution in [0.4, 0.5) is 0 Å². The number of epoxide rings is 2. The van der Waals surface area contributed by atoms with Crippen molar-refractivity contribution in [2.45, 2.75) is 12.2 Å². The summed E-state index contributed by atoms with van der Waals surface area (Å²) in [5.41, 5.74) is 17.6. The highest BCUT2D eigenvalue weighted by Gasteiger charge is 2.28. The van der Waals surface area contributed by atoms with Crippen molar-refractivity contribution in [1.82, 2.24) is 0 Å². The van der Waals surface area contributed by atoms with Gasteiger partial charge in [0.1, 0.15) is 12.2 Å². The Labute approximate surface area is 119 Å². The Morgan fingerprint density at radius 3 is 1.81 bits per heavy atom. The predicted octanol–water partition coefficient (Wildman–Crippen LogP) is 2.68. The van der Waals surface area contributed by atoms with Gasteiger partial charge in [-0.1, -0.05) is 24.3 Å². The van der Waals surface area contributed by atoms with Crippen LogP contribution in [0.15, 0.2) is 33.3 Å². The minimum Gasteiger partial charge on any atom is -0.368 e. The monoisotopic (exact) mass is 310 g/mol. The molecule has 0 radical (unpaired) electrons. The minimum atomic E-state index is -4.27. The summed E-state index contributed by atoms with van der Waals surface area (Å²) >= 11 is 0. The largest absolute Gasteiger partial charge is 0.368 e. The quantitative estimate of drug-likeness (QED) is 0.362. The van der Waals surface area contributed by atoms with Gasteiger partial charge in [-0.3, -0.25) is 0 Å². The molecule has 0 bridgehead atoms. The maximum absolute atomic E-state index is 9.99. The SMILES string of the molecule is [N-]=[N+]=NS(=O)(=O)N=[N+]=[N-].c1cc(C2CO2)cc(C2CO2)c1. The molecule has 0 amide bonds. The standard InChI is InChI=1S/C10H10O2.N6O2S/c1-2-7(9-5-11-9)4-8(3-1)10-6-12-10;1-3-5-9(7,8)6-4-2/h1-4,9-10H,5-6H2;. The molecular formula is C10H10N6O4S. The first kappa shape index (κ1) is 15.1. The Kier molecular flexibility index (Phi) is 4.63. The maximum Gasteiger partial charge on any atom is 0.321 e. The van der Waals surface area contributed by atoms with E-state index in [4.69, 9.17) is 20.5 Å². The third kappa shape index (κ3) is 4.95. The highest BCUT2D eigenvalue weighted by molar-refractivity contribution is 7.88. The van der Waals surface area contributed by atoms with Crippen LogP contribution in [0.25, 0.3) is 20.9 Å². The summed E-state index contributed by atoms with van der Waals surface area (Å²) < 4.78 is 34.8. The second-order valence-electron chi connectivity index (χ2n) is 4.10. The lowest BCUT2D eigenvalue weighted by molar-refractivity contribution is 0.410. The lowest BCUT2D eigenvalue weighted by Gasteiger charge is -1.98. The van der Waals surface area contributed by atoms with E-state index < -0.39 is 10.2 Å². The molecule has 21 heavy (non-hydrogen) atoms. The third-order valence-electron chi connectivity index (χ3n) is 2.60. The molecule has 2 fully saturated rings. The lowest BCUT2D eigenvalue weighted by Crippen LogP contribution is -1.84. The van der Waals surface area contributed by atoms with Crippen LogP contribution in [0, 0.1) is 0 Å². The first-order valence-corrected chi connectivity index (χ1v) is 7.16. The van der Waals surface area contributed by atoms with Crippen LogP contribution in [0.1, 0.15) is 23.3 Å². The molecule has 2 heterocycles. The second kappa shape index (κ2) is 6.44. The number of azide groups is 1. The number of nitrogens with zero attached hydrogens (tertiary/aromatic N) is 6. The van der Waals surface area contributed by atoms with E-state index in [2.05, 4.69) is 33.3 Å². The summed E-state index contributed by atoms with van der Waals surface area (Å²) in [5, 5.41) is 0. The van der Waals surface area contributed by atoms with Gasteiger partial charge in [0.25, 0.3) is 0 Å². The van der Waals surface area contributed by atoms with E-state index in [9.17, 15) is 8.42 Å². The lowest BCUT2D eigenvalue weighted by atomic mass is 10.1. The van der Waals surface area contributed by atoms with Crippen molar-refractivity contribution in [1.29, 1.82) is 0 Å². The number of hydrogen-bond donors (Lipinski definition) is 0. The Morgan fingerprint density at radius 2 is 1.48 bits per heavy atom. The number of benzene rings is 1. The van der Waals surface area contributed by atoms with Gasteiger partial charge in [-0.25, -0.2) is 8.42 Å². The summed E-state index contributed by atoms with van der Waals surface area (Å²) in [6, 6.07) is 8.50. The summed E-state index contributed by atoms with van der Waals surface area (Å²) in [6.45, 7) is 1.77. The molecule has 2 atom stereocenters. The average molecular weight is 310 g/mol. The zero-order chi connectivity index (χ0) is 15.3. The summed E-state index contributed by atoms with van der Waals surface area (Å²) in [7, 11) is -4.27. The summed E-state index contributed by atoms with van der Waals surface area (Å²) in [4.78, 5) is 3.80. The normalized spacial score (nSPS) is 21.9. The highest BCUT2D eigenvalue weighted by Crippen LogP contribution is 2.35. The Balaban J connectivity index is 0.000000163. The van der Waals surface area contributed by atoms with E-state index >= 15 is 0 Å². The van der Waals surface area contributed by atoms with Gasteiger partial charge in [-0.05, 0) is 22.2 Å². The van der Waals surface area contributed by atoms with E-state index in [1.54, 1.807) is 0 Å². The van der Waals surface area contributed by atoms with Crippen LogP contribution in [0.3, 0.4) is 0 Å². The van der Waals surface area contributed by atoms with Gasteiger partial charge in [0.2, 0.25) is 0 Å². The van der Waals surface area contributed by atoms with Gasteiger partial charge in [-0.2, -0.15) is 0 Å². The van der Waals surface area contributed by atoms with E-state index in [1.807, 2.05) is 9.82 Å². The van der Waals surface area contributed by atoms with Crippen molar-refractivity contribution >= 4 is 10.2 Å². The van der Waals surface area contributed by atoms with Crippen molar-refractivity contribution < 1.29 is 17.9 Å². The third-order valence-corrected chi connectivity index (χ3v) is 3.16. The van der Waals surface area contributed by atoms with E-state index in [-0.39, 0.29) is 0 Å². The molecule has 3 rings (SSSR count). The molecule has 0 saturated carbocycles. The molecule has 2 aliphatic rings. The number of rotatable bonds is 4. The Morgan fingerprint density at radius 1 is 1.05 bits per heavy atom. The maximum atomic E-state index is 9.99. The average Bonchev–Trinajstić information content (AvgIpc) is 3.31. The topological polar surface area (TPSA) is 157 Å². The predicted molar refractivity (Wildman–Crippen MR) is 71.0 cm³/mol. The zero-order valence-corrected chi connectivity index (χ0v) is 11.4. The molecule has 11 heteroatoms. The first-order chi connectivity index (χ1) is 10.1. The van der Waals surface area contributed by atoms with Gasteiger partial charge in [-0.15, -0.1) is 0 Å². The van der Waals surface area contributed by atoms with Crippen LogP contribution < -0.4 is 0 Å². The molecule has 1 aromatic carbocycles. The zero-order valence-electron chi connectivity index (χ0n) is 10.6. The fraction of sp³-hybridized carbons (Fsp3) is 0.400. The van der Waals surface area contributed by atoms with E-state index in [0.717, 1.165) is 13.2 Å². The Bertz CT molecular complexity index is 664. The summed E-state index contributed by atoms with van der Waals surface area (Å²) in [5.74, 6) is 0. The molecule has 1 aromatic rings. The molecule has 2 unspecified atom stereocenters. The van der Waals surface area contributed by atoms with Gasteiger partial charge < -0.3 is 9.47 Å². The van der Waals surface area contributed by atoms with Crippen molar-refractivity contribution in [3.8, 4) is 0 Å².